The van der Waals surface area contributed by atoms with Crippen molar-refractivity contribution in [2.45, 2.75) is 52.0 Å². The Hall–Kier alpha value is -0.0900. The lowest BCUT2D eigenvalue weighted by atomic mass is 9.77. The monoisotopic (exact) mass is 371 g/mol. The minimum absolute atomic E-state index is 0.664. The fraction of sp³-hybridized carbons (Fsp3) is 0.647. The van der Waals surface area contributed by atoms with Gasteiger partial charge in [-0.05, 0) is 77.9 Å². The number of hydrogen-bond donors (Lipinski definition) is 1. The summed E-state index contributed by atoms with van der Waals surface area (Å²) in [4.78, 5) is 0. The minimum Gasteiger partial charge on any atom is -0.314 e. The molecular formula is C17H26IN. The maximum absolute atomic E-state index is 3.73. The van der Waals surface area contributed by atoms with E-state index in [0.29, 0.717) is 6.04 Å². The van der Waals surface area contributed by atoms with E-state index in [9.17, 15) is 0 Å². The zero-order valence-corrected chi connectivity index (χ0v) is 14.3. The van der Waals surface area contributed by atoms with Gasteiger partial charge in [-0.25, -0.2) is 0 Å². The lowest BCUT2D eigenvalue weighted by molar-refractivity contribution is 0.230. The molecule has 1 aromatic rings. The van der Waals surface area contributed by atoms with Gasteiger partial charge in [-0.3, -0.25) is 0 Å². The predicted octanol–water partition coefficient (Wildman–Crippen LogP) is 4.64. The van der Waals surface area contributed by atoms with Crippen molar-refractivity contribution in [1.29, 1.82) is 0 Å². The van der Waals surface area contributed by atoms with Crippen LogP contribution >= 0.6 is 22.6 Å². The fourth-order valence-electron chi connectivity index (χ4n) is 3.23. The molecule has 1 fully saturated rings. The molecule has 19 heavy (non-hydrogen) atoms. The molecule has 1 aromatic carbocycles. The van der Waals surface area contributed by atoms with Crippen molar-refractivity contribution >= 4 is 22.6 Å². The molecule has 1 N–H and O–H groups in total. The summed E-state index contributed by atoms with van der Waals surface area (Å²) in [6.07, 6.45) is 6.83. The van der Waals surface area contributed by atoms with Gasteiger partial charge in [-0.1, -0.05) is 38.8 Å². The minimum atomic E-state index is 0.664. The third-order valence-corrected chi connectivity index (χ3v) is 5.18. The van der Waals surface area contributed by atoms with Crippen molar-refractivity contribution in [3.05, 3.63) is 33.4 Å². The van der Waals surface area contributed by atoms with Crippen molar-refractivity contribution in [2.24, 2.45) is 11.8 Å². The maximum Gasteiger partial charge on any atom is 0.0136 e. The Morgan fingerprint density at radius 1 is 1.16 bits per heavy atom. The second-order valence-electron chi connectivity index (χ2n) is 6.01. The van der Waals surface area contributed by atoms with Crippen LogP contribution in [-0.2, 0) is 6.42 Å². The van der Waals surface area contributed by atoms with Gasteiger partial charge in [-0.15, -0.1) is 0 Å². The molecule has 1 saturated carbocycles. The van der Waals surface area contributed by atoms with Crippen LogP contribution in [0.25, 0.3) is 0 Å². The normalized spacial score (nSPS) is 25.2. The number of benzene rings is 1. The summed E-state index contributed by atoms with van der Waals surface area (Å²) < 4.78 is 1.33. The summed E-state index contributed by atoms with van der Waals surface area (Å²) in [6.45, 7) is 5.71. The van der Waals surface area contributed by atoms with E-state index < -0.39 is 0 Å². The van der Waals surface area contributed by atoms with Crippen LogP contribution in [0, 0.1) is 15.4 Å². The van der Waals surface area contributed by atoms with E-state index >= 15 is 0 Å². The molecular weight excluding hydrogens is 345 g/mol. The van der Waals surface area contributed by atoms with Gasteiger partial charge in [0.1, 0.15) is 0 Å². The van der Waals surface area contributed by atoms with Crippen molar-refractivity contribution in [1.82, 2.24) is 5.32 Å². The van der Waals surface area contributed by atoms with E-state index in [1.807, 2.05) is 0 Å². The molecule has 0 radical (unpaired) electrons. The van der Waals surface area contributed by atoms with Crippen LogP contribution in [-0.4, -0.2) is 12.6 Å². The van der Waals surface area contributed by atoms with Gasteiger partial charge in [0.2, 0.25) is 0 Å². The molecule has 1 aliphatic carbocycles. The van der Waals surface area contributed by atoms with Crippen molar-refractivity contribution in [3.8, 4) is 0 Å². The Balaban J connectivity index is 1.97. The summed E-state index contributed by atoms with van der Waals surface area (Å²) >= 11 is 2.38. The van der Waals surface area contributed by atoms with E-state index in [2.05, 4.69) is 66.0 Å². The van der Waals surface area contributed by atoms with Crippen LogP contribution < -0.4 is 5.32 Å². The van der Waals surface area contributed by atoms with E-state index in [1.54, 1.807) is 0 Å². The molecule has 1 unspecified atom stereocenters. The smallest absolute Gasteiger partial charge is 0.0136 e. The largest absolute Gasteiger partial charge is 0.314 e. The SMILES string of the molecule is CCNC(Cc1ccc(I)cc1)C1CCC(C)CC1. The van der Waals surface area contributed by atoms with Crippen LogP contribution in [0.3, 0.4) is 0 Å². The van der Waals surface area contributed by atoms with Crippen LogP contribution in [0.1, 0.15) is 45.1 Å². The third-order valence-electron chi connectivity index (χ3n) is 4.46. The quantitative estimate of drug-likeness (QED) is 0.744. The van der Waals surface area contributed by atoms with E-state index in [-0.39, 0.29) is 0 Å². The summed E-state index contributed by atoms with van der Waals surface area (Å²) in [5, 5.41) is 3.73. The van der Waals surface area contributed by atoms with Crippen molar-refractivity contribution in [2.75, 3.05) is 6.54 Å². The van der Waals surface area contributed by atoms with E-state index in [4.69, 9.17) is 0 Å². The molecule has 2 rings (SSSR count). The zero-order valence-electron chi connectivity index (χ0n) is 12.2. The zero-order chi connectivity index (χ0) is 13.7. The first-order valence-corrected chi connectivity index (χ1v) is 8.74. The van der Waals surface area contributed by atoms with Gasteiger partial charge >= 0.3 is 0 Å². The average molecular weight is 371 g/mol. The van der Waals surface area contributed by atoms with Crippen LogP contribution in [0.5, 0.6) is 0 Å². The molecule has 0 spiro atoms. The Kier molecular flexibility index (Phi) is 6.14. The fourth-order valence-corrected chi connectivity index (χ4v) is 3.59. The first kappa shape index (κ1) is 15.3. The van der Waals surface area contributed by atoms with E-state index in [0.717, 1.165) is 18.4 Å². The average Bonchev–Trinajstić information content (AvgIpc) is 2.42. The summed E-state index contributed by atoms with van der Waals surface area (Å²) in [6, 6.07) is 9.69. The molecule has 1 atom stereocenters. The standard InChI is InChI=1S/C17H26IN/c1-3-19-17(15-8-4-13(2)5-9-15)12-14-6-10-16(18)11-7-14/h6-7,10-11,13,15,17,19H,3-5,8-9,12H2,1-2H3. The highest BCUT2D eigenvalue weighted by Crippen LogP contribution is 2.31. The number of hydrogen-bond acceptors (Lipinski definition) is 1. The lowest BCUT2D eigenvalue weighted by Crippen LogP contribution is -2.39. The highest BCUT2D eigenvalue weighted by atomic mass is 127. The summed E-state index contributed by atoms with van der Waals surface area (Å²) in [5.74, 6) is 1.81. The number of nitrogens with one attached hydrogen (secondary N) is 1. The number of likely N-dealkylation sites (N-methyl/N-ethyl adjacent to an activating group) is 1. The molecule has 106 valence electrons. The lowest BCUT2D eigenvalue weighted by Gasteiger charge is -2.33. The number of rotatable bonds is 5. The van der Waals surface area contributed by atoms with Gasteiger partial charge in [0.05, 0.1) is 0 Å². The highest BCUT2D eigenvalue weighted by molar-refractivity contribution is 14.1. The van der Waals surface area contributed by atoms with Gasteiger partial charge in [0, 0.05) is 9.61 Å². The third kappa shape index (κ3) is 4.75. The summed E-state index contributed by atoms with van der Waals surface area (Å²) in [7, 11) is 0. The van der Waals surface area contributed by atoms with Gasteiger partial charge in [0.25, 0.3) is 0 Å². The molecule has 2 heteroatoms. The van der Waals surface area contributed by atoms with Crippen LogP contribution in [0.15, 0.2) is 24.3 Å². The molecule has 0 aromatic heterocycles. The van der Waals surface area contributed by atoms with Gasteiger partial charge in [-0.2, -0.15) is 0 Å². The Morgan fingerprint density at radius 3 is 2.37 bits per heavy atom. The van der Waals surface area contributed by atoms with Crippen LogP contribution in [0.4, 0.5) is 0 Å². The molecule has 1 aliphatic rings. The van der Waals surface area contributed by atoms with Gasteiger partial charge in [0.15, 0.2) is 0 Å². The first-order valence-electron chi connectivity index (χ1n) is 7.67. The predicted molar refractivity (Wildman–Crippen MR) is 91.4 cm³/mol. The summed E-state index contributed by atoms with van der Waals surface area (Å²) in [5.41, 5.74) is 1.48. The molecule has 1 nitrogen and oxygen atoms in total. The Labute approximate surface area is 131 Å². The van der Waals surface area contributed by atoms with Crippen LogP contribution in [0.2, 0.25) is 0 Å². The molecule has 0 aliphatic heterocycles. The van der Waals surface area contributed by atoms with Crippen molar-refractivity contribution in [3.63, 3.8) is 0 Å². The van der Waals surface area contributed by atoms with Crippen molar-refractivity contribution < 1.29 is 0 Å². The Morgan fingerprint density at radius 2 is 1.79 bits per heavy atom. The number of halogens is 1. The topological polar surface area (TPSA) is 12.0 Å². The molecule has 0 heterocycles. The second kappa shape index (κ2) is 7.63. The molecule has 0 saturated heterocycles. The Bertz CT molecular complexity index is 365. The highest BCUT2D eigenvalue weighted by Gasteiger charge is 2.25. The van der Waals surface area contributed by atoms with E-state index in [1.165, 1.54) is 41.2 Å². The molecule has 0 amide bonds. The van der Waals surface area contributed by atoms with Gasteiger partial charge < -0.3 is 5.32 Å². The first-order chi connectivity index (χ1) is 9.19. The maximum atomic E-state index is 3.73. The second-order valence-corrected chi connectivity index (χ2v) is 7.26. The molecule has 0 bridgehead atoms.